The second kappa shape index (κ2) is 6.82. The second-order valence-electron chi connectivity index (χ2n) is 4.31. The first kappa shape index (κ1) is 15.7. The van der Waals surface area contributed by atoms with Crippen LogP contribution in [0.5, 0.6) is 5.75 Å². The third-order valence-corrected chi connectivity index (χ3v) is 3.01. The molecule has 0 atom stereocenters. The highest BCUT2D eigenvalue weighted by molar-refractivity contribution is 6.31. The molecule has 3 N–H and O–H groups in total. The van der Waals surface area contributed by atoms with Gasteiger partial charge in [0.25, 0.3) is 0 Å². The number of methoxy groups -OCH3 is 1. The van der Waals surface area contributed by atoms with E-state index < -0.39 is 12.0 Å². The van der Waals surface area contributed by atoms with Gasteiger partial charge in [0.05, 0.1) is 18.4 Å². The van der Waals surface area contributed by atoms with Crippen LogP contribution >= 0.6 is 11.6 Å². The van der Waals surface area contributed by atoms with Gasteiger partial charge in [0.1, 0.15) is 5.75 Å². The van der Waals surface area contributed by atoms with E-state index in [4.69, 9.17) is 21.4 Å². The molecule has 2 rings (SSSR count). The Kier molecular flexibility index (Phi) is 4.85. The topological polar surface area (TPSA) is 87.7 Å². The number of benzene rings is 2. The zero-order valence-electron chi connectivity index (χ0n) is 11.6. The molecule has 0 heterocycles. The number of urea groups is 1. The number of carbonyl (C=O) groups excluding carboxylic acids is 1. The predicted octanol–water partition coefficient (Wildman–Crippen LogP) is 3.69. The Labute approximate surface area is 131 Å². The first-order valence-electron chi connectivity index (χ1n) is 6.24. The van der Waals surface area contributed by atoms with Gasteiger partial charge in [-0.2, -0.15) is 0 Å². The lowest BCUT2D eigenvalue weighted by Crippen LogP contribution is -2.20. The number of halogens is 1. The van der Waals surface area contributed by atoms with Gasteiger partial charge >= 0.3 is 12.0 Å². The van der Waals surface area contributed by atoms with Crippen molar-refractivity contribution < 1.29 is 19.4 Å². The van der Waals surface area contributed by atoms with Crippen LogP contribution in [0.15, 0.2) is 42.5 Å². The summed E-state index contributed by atoms with van der Waals surface area (Å²) >= 11 is 5.88. The number of carboxylic acids is 1. The summed E-state index contributed by atoms with van der Waals surface area (Å²) in [6.07, 6.45) is 0. The van der Waals surface area contributed by atoms with Crippen molar-refractivity contribution in [1.82, 2.24) is 0 Å². The van der Waals surface area contributed by atoms with E-state index in [1.54, 1.807) is 30.3 Å². The van der Waals surface area contributed by atoms with Gasteiger partial charge in [-0.05, 0) is 36.4 Å². The highest BCUT2D eigenvalue weighted by Gasteiger charge is 2.09. The minimum absolute atomic E-state index is 0.0816. The number of amides is 2. The minimum Gasteiger partial charge on any atom is -0.495 e. The number of rotatable bonds is 4. The summed E-state index contributed by atoms with van der Waals surface area (Å²) in [5.74, 6) is -0.612. The highest BCUT2D eigenvalue weighted by atomic mass is 35.5. The molecule has 0 spiro atoms. The molecule has 0 aliphatic carbocycles. The van der Waals surface area contributed by atoms with Crippen molar-refractivity contribution in [2.75, 3.05) is 17.7 Å². The number of hydrogen-bond acceptors (Lipinski definition) is 3. The van der Waals surface area contributed by atoms with Gasteiger partial charge < -0.3 is 20.5 Å². The summed E-state index contributed by atoms with van der Waals surface area (Å²) in [5, 5.41) is 14.5. The summed E-state index contributed by atoms with van der Waals surface area (Å²) in [4.78, 5) is 22.9. The summed E-state index contributed by atoms with van der Waals surface area (Å²) in [7, 11) is 1.47. The summed E-state index contributed by atoms with van der Waals surface area (Å²) < 4.78 is 5.12. The minimum atomic E-state index is -1.07. The van der Waals surface area contributed by atoms with Crippen LogP contribution in [0.3, 0.4) is 0 Å². The first-order chi connectivity index (χ1) is 10.5. The van der Waals surface area contributed by atoms with Crippen molar-refractivity contribution in [2.24, 2.45) is 0 Å². The van der Waals surface area contributed by atoms with E-state index in [1.807, 2.05) is 0 Å². The van der Waals surface area contributed by atoms with Crippen LogP contribution in [0.2, 0.25) is 5.02 Å². The van der Waals surface area contributed by atoms with Crippen molar-refractivity contribution >= 4 is 35.0 Å². The molecule has 0 radical (unpaired) electrons. The maximum atomic E-state index is 12.0. The molecule has 22 heavy (non-hydrogen) atoms. The fourth-order valence-electron chi connectivity index (χ4n) is 1.79. The average molecular weight is 321 g/mol. The standard InChI is InChI=1S/C15H13ClN2O4/c1-22-13-6-5-10(16)8-12(13)18-15(21)17-11-4-2-3-9(7-11)14(19)20/h2-8H,1H3,(H,19,20)(H2,17,18,21). The zero-order valence-corrected chi connectivity index (χ0v) is 12.3. The van der Waals surface area contributed by atoms with E-state index in [2.05, 4.69) is 10.6 Å². The van der Waals surface area contributed by atoms with Gasteiger partial charge in [0.15, 0.2) is 0 Å². The number of ether oxygens (including phenoxy) is 1. The van der Waals surface area contributed by atoms with Gasteiger partial charge in [-0.15, -0.1) is 0 Å². The van der Waals surface area contributed by atoms with Crippen LogP contribution in [-0.4, -0.2) is 24.2 Å². The van der Waals surface area contributed by atoms with Gasteiger partial charge in [0, 0.05) is 10.7 Å². The molecule has 2 amide bonds. The van der Waals surface area contributed by atoms with Crippen LogP contribution < -0.4 is 15.4 Å². The van der Waals surface area contributed by atoms with E-state index >= 15 is 0 Å². The molecule has 0 fully saturated rings. The lowest BCUT2D eigenvalue weighted by atomic mass is 10.2. The summed E-state index contributed by atoms with van der Waals surface area (Å²) in [6.45, 7) is 0. The van der Waals surface area contributed by atoms with E-state index in [9.17, 15) is 9.59 Å². The van der Waals surface area contributed by atoms with Gasteiger partial charge in [0.2, 0.25) is 0 Å². The molecular weight excluding hydrogens is 308 g/mol. The smallest absolute Gasteiger partial charge is 0.335 e. The van der Waals surface area contributed by atoms with E-state index in [1.165, 1.54) is 19.2 Å². The first-order valence-corrected chi connectivity index (χ1v) is 6.62. The molecule has 0 bridgehead atoms. The Hall–Kier alpha value is -2.73. The summed E-state index contributed by atoms with van der Waals surface area (Å²) in [6, 6.07) is 10.2. The molecule has 0 saturated carbocycles. The quantitative estimate of drug-likeness (QED) is 0.801. The molecule has 0 aromatic heterocycles. The van der Waals surface area contributed by atoms with Crippen LogP contribution in [0.25, 0.3) is 0 Å². The number of aromatic carboxylic acids is 1. The SMILES string of the molecule is COc1ccc(Cl)cc1NC(=O)Nc1cccc(C(=O)O)c1. The Bertz CT molecular complexity index is 718. The Morgan fingerprint density at radius 3 is 2.59 bits per heavy atom. The molecule has 2 aromatic carbocycles. The maximum Gasteiger partial charge on any atom is 0.335 e. The molecule has 0 unspecified atom stereocenters. The third-order valence-electron chi connectivity index (χ3n) is 2.78. The molecule has 114 valence electrons. The lowest BCUT2D eigenvalue weighted by molar-refractivity contribution is 0.0697. The zero-order chi connectivity index (χ0) is 16.1. The lowest BCUT2D eigenvalue weighted by Gasteiger charge is -2.11. The number of carboxylic acid groups (broad SMARTS) is 1. The molecule has 6 nitrogen and oxygen atoms in total. The molecule has 7 heteroatoms. The van der Waals surface area contributed by atoms with Crippen LogP contribution in [0, 0.1) is 0 Å². The normalized spacial score (nSPS) is 9.91. The maximum absolute atomic E-state index is 12.0. The average Bonchev–Trinajstić information content (AvgIpc) is 2.47. The predicted molar refractivity (Wildman–Crippen MR) is 84.0 cm³/mol. The highest BCUT2D eigenvalue weighted by Crippen LogP contribution is 2.27. The number of hydrogen-bond donors (Lipinski definition) is 3. The van der Waals surface area contributed by atoms with Gasteiger partial charge in [-0.25, -0.2) is 9.59 Å². The van der Waals surface area contributed by atoms with Crippen LogP contribution in [-0.2, 0) is 0 Å². The number of carbonyl (C=O) groups is 2. The molecular formula is C15H13ClN2O4. The molecule has 0 aliphatic heterocycles. The third kappa shape index (κ3) is 3.89. The van der Waals surface area contributed by atoms with Gasteiger partial charge in [-0.1, -0.05) is 17.7 Å². The Morgan fingerprint density at radius 1 is 1.14 bits per heavy atom. The summed E-state index contributed by atoms with van der Waals surface area (Å²) in [5.41, 5.74) is 0.846. The molecule has 0 aliphatic rings. The molecule has 2 aromatic rings. The molecule has 0 saturated heterocycles. The van der Waals surface area contributed by atoms with E-state index in [0.29, 0.717) is 22.1 Å². The van der Waals surface area contributed by atoms with Crippen molar-refractivity contribution in [1.29, 1.82) is 0 Å². The van der Waals surface area contributed by atoms with Crippen molar-refractivity contribution in [3.63, 3.8) is 0 Å². The fraction of sp³-hybridized carbons (Fsp3) is 0.0667. The number of anilines is 2. The Morgan fingerprint density at radius 2 is 1.91 bits per heavy atom. The monoisotopic (exact) mass is 320 g/mol. The number of nitrogens with one attached hydrogen (secondary N) is 2. The fourth-order valence-corrected chi connectivity index (χ4v) is 1.96. The van der Waals surface area contributed by atoms with Crippen molar-refractivity contribution in [3.05, 3.63) is 53.1 Å². The van der Waals surface area contributed by atoms with Gasteiger partial charge in [-0.3, -0.25) is 0 Å². The largest absolute Gasteiger partial charge is 0.495 e. The van der Waals surface area contributed by atoms with Crippen molar-refractivity contribution in [2.45, 2.75) is 0 Å². The van der Waals surface area contributed by atoms with Crippen LogP contribution in [0.1, 0.15) is 10.4 Å². The van der Waals surface area contributed by atoms with Crippen molar-refractivity contribution in [3.8, 4) is 5.75 Å². The Balaban J connectivity index is 2.12. The van der Waals surface area contributed by atoms with E-state index in [-0.39, 0.29) is 5.56 Å². The second-order valence-corrected chi connectivity index (χ2v) is 4.75. The van der Waals surface area contributed by atoms with Crippen LogP contribution in [0.4, 0.5) is 16.2 Å². The van der Waals surface area contributed by atoms with E-state index in [0.717, 1.165) is 0 Å².